The van der Waals surface area contributed by atoms with Crippen LogP contribution < -0.4 is 0 Å². The first-order valence-corrected chi connectivity index (χ1v) is 18.6. The number of hydrogen-bond donors (Lipinski definition) is 0. The summed E-state index contributed by atoms with van der Waals surface area (Å²) in [5.74, 6) is 0. The van der Waals surface area contributed by atoms with Crippen molar-refractivity contribution in [2.75, 3.05) is 0 Å². The highest BCUT2D eigenvalue weighted by Gasteiger charge is 2.19. The molecular formula is C52H34N2. The van der Waals surface area contributed by atoms with Gasteiger partial charge in [0.25, 0.3) is 0 Å². The standard InChI is InChI=1S/C52H34N2/c1-5-17-35(18-6-1)37-29-45-41-25-13-15-27-43(41)52-33-47(45)49(31-37)53(39-21-9-3-10-22-39)51-34-48-46(42-26-14-16-28-44(42)51)30-38(36-19-7-2-8-20-36)32-50(48)54(52)40-23-11-4-12-24-40/h1-34H. The third-order valence-electron chi connectivity index (χ3n) is 11.1. The lowest BCUT2D eigenvalue weighted by atomic mass is 9.93. The van der Waals surface area contributed by atoms with Crippen LogP contribution in [0.15, 0.2) is 206 Å². The van der Waals surface area contributed by atoms with E-state index in [0.29, 0.717) is 0 Å². The summed E-state index contributed by atoms with van der Waals surface area (Å²) in [5, 5.41) is 9.70. The Balaban J connectivity index is 1.51. The summed E-state index contributed by atoms with van der Waals surface area (Å²) in [5.41, 5.74) is 11.6. The highest BCUT2D eigenvalue weighted by molar-refractivity contribution is 6.23. The van der Waals surface area contributed by atoms with Gasteiger partial charge in [-0.05, 0) is 104 Å². The van der Waals surface area contributed by atoms with Crippen molar-refractivity contribution in [3.05, 3.63) is 206 Å². The largest absolute Gasteiger partial charge is 0.309 e. The summed E-state index contributed by atoms with van der Waals surface area (Å²) >= 11 is 0. The van der Waals surface area contributed by atoms with Crippen molar-refractivity contribution in [3.8, 4) is 33.6 Å². The molecule has 2 heteroatoms. The number of aromatic nitrogens is 2. The lowest BCUT2D eigenvalue weighted by Crippen LogP contribution is -2.03. The first kappa shape index (κ1) is 30.5. The Kier molecular flexibility index (Phi) is 6.90. The molecule has 0 spiro atoms. The first-order chi connectivity index (χ1) is 26.8. The van der Waals surface area contributed by atoms with E-state index in [-0.39, 0.29) is 0 Å². The van der Waals surface area contributed by atoms with E-state index in [4.69, 9.17) is 0 Å². The number of hydrogen-bond acceptors (Lipinski definition) is 0. The van der Waals surface area contributed by atoms with Crippen LogP contribution in [0.2, 0.25) is 0 Å². The van der Waals surface area contributed by atoms with Crippen molar-refractivity contribution in [1.29, 1.82) is 0 Å². The number of benzene rings is 10. The Morgan fingerprint density at radius 2 is 0.519 bits per heavy atom. The Labute approximate surface area is 313 Å². The van der Waals surface area contributed by atoms with E-state index in [1.165, 1.54) is 65.3 Å². The zero-order chi connectivity index (χ0) is 35.6. The number of rotatable bonds is 4. The maximum absolute atomic E-state index is 2.50. The van der Waals surface area contributed by atoms with Crippen LogP contribution in [-0.2, 0) is 0 Å². The molecule has 1 aromatic heterocycles. The van der Waals surface area contributed by atoms with Crippen molar-refractivity contribution in [2.45, 2.75) is 0 Å². The van der Waals surface area contributed by atoms with Gasteiger partial charge in [0, 0.05) is 32.9 Å². The molecule has 0 aliphatic carbocycles. The third kappa shape index (κ3) is 4.74. The molecule has 11 aromatic rings. The topological polar surface area (TPSA) is 9.86 Å². The van der Waals surface area contributed by atoms with Crippen LogP contribution in [0.3, 0.4) is 0 Å². The second kappa shape index (κ2) is 12.2. The minimum absolute atomic E-state index is 1.12. The van der Waals surface area contributed by atoms with Crippen molar-refractivity contribution < 1.29 is 0 Å². The zero-order valence-electron chi connectivity index (χ0n) is 29.5. The van der Waals surface area contributed by atoms with E-state index in [1.54, 1.807) is 0 Å². The minimum atomic E-state index is 1.12. The van der Waals surface area contributed by atoms with Crippen molar-refractivity contribution in [3.63, 3.8) is 0 Å². The lowest BCUT2D eigenvalue weighted by Gasteiger charge is -2.22. The molecule has 10 aromatic carbocycles. The summed E-state index contributed by atoms with van der Waals surface area (Å²) in [6.45, 7) is 0. The molecule has 0 N–H and O–H groups in total. The average molecular weight is 687 g/mol. The van der Waals surface area contributed by atoms with Crippen LogP contribution in [0.5, 0.6) is 0 Å². The molecule has 252 valence electrons. The van der Waals surface area contributed by atoms with Crippen molar-refractivity contribution in [1.82, 2.24) is 9.13 Å². The smallest absolute Gasteiger partial charge is 0.0547 e. The molecular weight excluding hydrogens is 653 g/mol. The monoisotopic (exact) mass is 686 g/mol. The average Bonchev–Trinajstić information content (AvgIpc) is 3.25. The fourth-order valence-corrected chi connectivity index (χ4v) is 8.64. The highest BCUT2D eigenvalue weighted by Crippen LogP contribution is 2.42. The second-order valence-electron chi connectivity index (χ2n) is 14.1. The molecule has 0 aliphatic heterocycles. The van der Waals surface area contributed by atoms with Gasteiger partial charge < -0.3 is 9.13 Å². The third-order valence-corrected chi connectivity index (χ3v) is 11.1. The van der Waals surface area contributed by atoms with Gasteiger partial charge in [-0.2, -0.15) is 0 Å². The number of para-hydroxylation sites is 2. The summed E-state index contributed by atoms with van der Waals surface area (Å²) in [7, 11) is 0. The highest BCUT2D eigenvalue weighted by atomic mass is 15.0. The van der Waals surface area contributed by atoms with Gasteiger partial charge in [0.1, 0.15) is 0 Å². The quantitative estimate of drug-likeness (QED) is 0.163. The molecule has 54 heavy (non-hydrogen) atoms. The summed E-state index contributed by atoms with van der Waals surface area (Å²) < 4.78 is 5.00. The fraction of sp³-hybridized carbons (Fsp3) is 0. The van der Waals surface area contributed by atoms with Gasteiger partial charge >= 0.3 is 0 Å². The van der Waals surface area contributed by atoms with Gasteiger partial charge in [-0.1, -0.05) is 146 Å². The Morgan fingerprint density at radius 1 is 0.204 bits per heavy atom. The van der Waals surface area contributed by atoms with Gasteiger partial charge in [-0.25, -0.2) is 0 Å². The molecule has 0 amide bonds. The predicted molar refractivity (Wildman–Crippen MR) is 230 cm³/mol. The lowest BCUT2D eigenvalue weighted by molar-refractivity contribution is 1.16. The Morgan fingerprint density at radius 3 is 0.907 bits per heavy atom. The molecule has 0 saturated heterocycles. The van der Waals surface area contributed by atoms with Gasteiger partial charge in [0.2, 0.25) is 0 Å². The van der Waals surface area contributed by atoms with E-state index in [1.807, 2.05) is 0 Å². The molecule has 0 atom stereocenters. The van der Waals surface area contributed by atoms with Crippen LogP contribution in [0.4, 0.5) is 0 Å². The normalized spacial score (nSPS) is 11.7. The van der Waals surface area contributed by atoms with Gasteiger partial charge in [-0.15, -0.1) is 0 Å². The summed E-state index contributed by atoms with van der Waals surface area (Å²) in [6, 6.07) is 75.7. The van der Waals surface area contributed by atoms with E-state index in [0.717, 1.165) is 33.4 Å². The molecule has 11 rings (SSSR count). The van der Waals surface area contributed by atoms with Gasteiger partial charge in [0.15, 0.2) is 0 Å². The van der Waals surface area contributed by atoms with E-state index in [9.17, 15) is 0 Å². The molecule has 0 aliphatic rings. The van der Waals surface area contributed by atoms with Crippen LogP contribution in [0.1, 0.15) is 0 Å². The van der Waals surface area contributed by atoms with Crippen LogP contribution in [-0.4, -0.2) is 9.13 Å². The number of nitrogens with zero attached hydrogens (tertiary/aromatic N) is 2. The van der Waals surface area contributed by atoms with Crippen LogP contribution in [0.25, 0.3) is 98.8 Å². The molecule has 2 nitrogen and oxygen atoms in total. The Hall–Kier alpha value is -7.16. The summed E-state index contributed by atoms with van der Waals surface area (Å²) in [6.07, 6.45) is 0. The summed E-state index contributed by atoms with van der Waals surface area (Å²) in [4.78, 5) is 0. The van der Waals surface area contributed by atoms with Gasteiger partial charge in [-0.3, -0.25) is 0 Å². The van der Waals surface area contributed by atoms with Crippen molar-refractivity contribution >= 4 is 65.2 Å². The zero-order valence-corrected chi connectivity index (χ0v) is 29.5. The van der Waals surface area contributed by atoms with Crippen LogP contribution in [0, 0.1) is 0 Å². The minimum Gasteiger partial charge on any atom is -0.309 e. The SMILES string of the molecule is c1ccc(-c2cc3c4ccccc4c4cc3c(c2)n(-c2ccccc2)c2cc3c(cc(-c5ccccc5)cc3n4-c3ccccc3)c3ccccc32)cc1. The fourth-order valence-electron chi connectivity index (χ4n) is 8.64. The molecule has 0 saturated carbocycles. The second-order valence-corrected chi connectivity index (χ2v) is 14.1. The molecule has 0 fully saturated rings. The van der Waals surface area contributed by atoms with Gasteiger partial charge in [0.05, 0.1) is 22.1 Å². The molecule has 8 bridgehead atoms. The molecule has 0 radical (unpaired) electrons. The molecule has 0 unspecified atom stereocenters. The van der Waals surface area contributed by atoms with E-state index < -0.39 is 0 Å². The van der Waals surface area contributed by atoms with E-state index in [2.05, 4.69) is 215 Å². The predicted octanol–water partition coefficient (Wildman–Crippen LogP) is 14.1. The maximum atomic E-state index is 2.50. The maximum Gasteiger partial charge on any atom is 0.0547 e. The first-order valence-electron chi connectivity index (χ1n) is 18.6. The van der Waals surface area contributed by atoms with Crippen molar-refractivity contribution in [2.24, 2.45) is 0 Å². The Bertz CT molecular complexity index is 3010. The molecule has 1 heterocycles. The van der Waals surface area contributed by atoms with E-state index >= 15 is 0 Å². The van der Waals surface area contributed by atoms with Crippen LogP contribution >= 0.6 is 0 Å².